The van der Waals surface area contributed by atoms with Crippen LogP contribution >= 0.6 is 0 Å². The summed E-state index contributed by atoms with van der Waals surface area (Å²) in [5, 5.41) is 10.8. The lowest BCUT2D eigenvalue weighted by Gasteiger charge is -2.30. The number of aromatic nitrogens is 3. The fraction of sp³-hybridized carbons (Fsp3) is 0.773. The summed E-state index contributed by atoms with van der Waals surface area (Å²) in [6, 6.07) is 0. The molecule has 164 valence electrons. The number of hydrogen-bond donors (Lipinski definition) is 1. The quantitative estimate of drug-likeness (QED) is 0.426. The van der Waals surface area contributed by atoms with Gasteiger partial charge in [0.05, 0.1) is 5.60 Å². The van der Waals surface area contributed by atoms with Crippen LogP contribution in [-0.4, -0.2) is 30.4 Å². The van der Waals surface area contributed by atoms with Crippen LogP contribution in [0.2, 0.25) is 0 Å². The molecule has 0 bridgehead atoms. The summed E-state index contributed by atoms with van der Waals surface area (Å²) in [5.41, 5.74) is -1.71. The molecule has 0 saturated heterocycles. The Labute approximate surface area is 173 Å². The zero-order valence-electron chi connectivity index (χ0n) is 18.7. The van der Waals surface area contributed by atoms with E-state index in [1.165, 1.54) is 16.4 Å². The molecule has 1 aromatic heterocycles. The number of carbonyl (C=O) groups excluding carboxylic acids is 1. The summed E-state index contributed by atoms with van der Waals surface area (Å²) in [7, 11) is 1.45. The van der Waals surface area contributed by atoms with Crippen molar-refractivity contribution in [3.05, 3.63) is 21.0 Å². The maximum atomic E-state index is 12.5. The third kappa shape index (κ3) is 7.69. The van der Waals surface area contributed by atoms with Crippen molar-refractivity contribution < 1.29 is 9.90 Å². The molecule has 0 saturated carbocycles. The molecule has 0 aliphatic heterocycles. The first kappa shape index (κ1) is 25.0. The first-order chi connectivity index (χ1) is 13.6. The second-order valence-corrected chi connectivity index (χ2v) is 8.22. The predicted octanol–water partition coefficient (Wildman–Crippen LogP) is 2.47. The van der Waals surface area contributed by atoms with Gasteiger partial charge >= 0.3 is 11.4 Å². The summed E-state index contributed by atoms with van der Waals surface area (Å²) in [6.07, 6.45) is 6.31. The molecule has 0 spiro atoms. The van der Waals surface area contributed by atoms with Gasteiger partial charge < -0.3 is 9.90 Å². The fourth-order valence-corrected chi connectivity index (χ4v) is 3.21. The molecule has 7 heteroatoms. The Morgan fingerprint density at radius 2 is 1.79 bits per heavy atom. The van der Waals surface area contributed by atoms with Crippen LogP contribution in [0.3, 0.4) is 0 Å². The van der Waals surface area contributed by atoms with E-state index in [4.69, 9.17) is 0 Å². The van der Waals surface area contributed by atoms with Crippen LogP contribution in [0, 0.1) is 17.8 Å². The van der Waals surface area contributed by atoms with Crippen LogP contribution in [-0.2, 0) is 24.9 Å². The average molecular weight is 408 g/mol. The van der Waals surface area contributed by atoms with Gasteiger partial charge in [-0.25, -0.2) is 23.5 Å². The summed E-state index contributed by atoms with van der Waals surface area (Å²) in [4.78, 5) is 35.8. The lowest BCUT2D eigenvalue weighted by molar-refractivity contribution is -0.117. The Morgan fingerprint density at radius 1 is 1.14 bits per heavy atom. The minimum Gasteiger partial charge on any atom is -0.390 e. The average Bonchev–Trinajstić information content (AvgIpc) is 2.87. The molecule has 1 heterocycles. The minimum atomic E-state index is -0.909. The van der Waals surface area contributed by atoms with E-state index >= 15 is 0 Å². The topological polar surface area (TPSA) is 86.2 Å². The Bertz CT molecular complexity index is 833. The summed E-state index contributed by atoms with van der Waals surface area (Å²) in [5.74, 6) is 6.25. The standard InChI is InChI=1S/C22H37N3O4/c1-6-7-13-18(2)22(4,29)15-17-25-21(28)23(5)20(27)24(25)16-12-10-8-9-11-14-19(3)26/h18,29H,6-9,11,13-17H2,1-5H3. The number of Topliss-reactive ketones (excluding diaryl/α,β-unsaturated/α-hetero) is 1. The van der Waals surface area contributed by atoms with Gasteiger partial charge in [0.1, 0.15) is 12.3 Å². The Morgan fingerprint density at radius 3 is 2.41 bits per heavy atom. The largest absolute Gasteiger partial charge is 0.390 e. The van der Waals surface area contributed by atoms with Gasteiger partial charge in [0.2, 0.25) is 0 Å². The molecule has 1 N–H and O–H groups in total. The van der Waals surface area contributed by atoms with Crippen LogP contribution in [0.25, 0.3) is 0 Å². The zero-order valence-corrected chi connectivity index (χ0v) is 18.7. The molecule has 0 aliphatic rings. The van der Waals surface area contributed by atoms with Gasteiger partial charge in [0.25, 0.3) is 0 Å². The lowest BCUT2D eigenvalue weighted by atomic mass is 9.84. The first-order valence-electron chi connectivity index (χ1n) is 10.7. The molecule has 0 amide bonds. The number of unbranched alkanes of at least 4 members (excludes halogenated alkanes) is 3. The summed E-state index contributed by atoms with van der Waals surface area (Å²) >= 11 is 0. The normalized spacial score (nSPS) is 14.1. The number of rotatable bonds is 12. The van der Waals surface area contributed by atoms with Gasteiger partial charge in [-0.2, -0.15) is 0 Å². The maximum absolute atomic E-state index is 12.5. The molecule has 0 aromatic carbocycles. The number of ketones is 1. The molecular formula is C22H37N3O4. The Balaban J connectivity index is 2.80. The minimum absolute atomic E-state index is 0.108. The van der Waals surface area contributed by atoms with Gasteiger partial charge in [-0.1, -0.05) is 32.6 Å². The van der Waals surface area contributed by atoms with Crippen molar-refractivity contribution in [3.63, 3.8) is 0 Å². The molecule has 29 heavy (non-hydrogen) atoms. The maximum Gasteiger partial charge on any atom is 0.347 e. The lowest BCUT2D eigenvalue weighted by Crippen LogP contribution is -2.37. The smallest absolute Gasteiger partial charge is 0.347 e. The molecule has 7 nitrogen and oxygen atoms in total. The first-order valence-corrected chi connectivity index (χ1v) is 10.7. The second-order valence-electron chi connectivity index (χ2n) is 8.22. The predicted molar refractivity (Wildman–Crippen MR) is 115 cm³/mol. The molecular weight excluding hydrogens is 370 g/mol. The third-order valence-electron chi connectivity index (χ3n) is 5.62. The molecule has 2 atom stereocenters. The van der Waals surface area contributed by atoms with E-state index in [1.54, 1.807) is 13.8 Å². The van der Waals surface area contributed by atoms with Crippen molar-refractivity contribution in [3.8, 4) is 11.8 Å². The Kier molecular flexibility index (Phi) is 10.2. The van der Waals surface area contributed by atoms with E-state index in [1.807, 2.05) is 6.92 Å². The molecule has 0 radical (unpaired) electrons. The van der Waals surface area contributed by atoms with Crippen LogP contribution in [0.1, 0.15) is 79.1 Å². The van der Waals surface area contributed by atoms with Crippen molar-refractivity contribution in [1.29, 1.82) is 0 Å². The molecule has 0 aliphatic carbocycles. The Hall–Kier alpha value is -2.07. The van der Waals surface area contributed by atoms with E-state index in [9.17, 15) is 19.5 Å². The zero-order chi connectivity index (χ0) is 22.0. The van der Waals surface area contributed by atoms with E-state index in [2.05, 4.69) is 18.8 Å². The van der Waals surface area contributed by atoms with E-state index in [0.29, 0.717) is 19.3 Å². The van der Waals surface area contributed by atoms with Crippen LogP contribution < -0.4 is 11.4 Å². The van der Waals surface area contributed by atoms with Crippen molar-refractivity contribution in [1.82, 2.24) is 13.9 Å². The van der Waals surface area contributed by atoms with Gasteiger partial charge in [-0.3, -0.25) is 0 Å². The van der Waals surface area contributed by atoms with E-state index in [0.717, 1.165) is 36.7 Å². The number of nitrogens with zero attached hydrogens (tertiary/aromatic N) is 3. The van der Waals surface area contributed by atoms with Gasteiger partial charge in [0, 0.05) is 26.4 Å². The van der Waals surface area contributed by atoms with Crippen molar-refractivity contribution in [2.75, 3.05) is 0 Å². The van der Waals surface area contributed by atoms with Crippen molar-refractivity contribution >= 4 is 5.78 Å². The highest BCUT2D eigenvalue weighted by Crippen LogP contribution is 2.25. The number of aliphatic hydroxyl groups is 1. The van der Waals surface area contributed by atoms with Crippen LogP contribution in [0.4, 0.5) is 0 Å². The molecule has 2 unspecified atom stereocenters. The van der Waals surface area contributed by atoms with Crippen molar-refractivity contribution in [2.24, 2.45) is 13.0 Å². The highest BCUT2D eigenvalue weighted by molar-refractivity contribution is 5.75. The van der Waals surface area contributed by atoms with E-state index in [-0.39, 0.29) is 24.8 Å². The fourth-order valence-electron chi connectivity index (χ4n) is 3.21. The van der Waals surface area contributed by atoms with Crippen LogP contribution in [0.15, 0.2) is 9.59 Å². The number of carbonyl (C=O) groups is 1. The van der Waals surface area contributed by atoms with Gasteiger partial charge in [0.15, 0.2) is 0 Å². The third-order valence-corrected chi connectivity index (χ3v) is 5.62. The van der Waals surface area contributed by atoms with Crippen molar-refractivity contribution in [2.45, 2.75) is 97.8 Å². The molecule has 1 rings (SSSR count). The summed E-state index contributed by atoms with van der Waals surface area (Å²) < 4.78 is 3.80. The monoisotopic (exact) mass is 407 g/mol. The highest BCUT2D eigenvalue weighted by atomic mass is 16.3. The van der Waals surface area contributed by atoms with Gasteiger partial charge in [-0.15, -0.1) is 5.92 Å². The van der Waals surface area contributed by atoms with Crippen LogP contribution in [0.5, 0.6) is 0 Å². The SMILES string of the molecule is CCCCC(C)C(C)(O)CCn1c(=O)n(C)c(=O)n1CC#CCCCCC(C)=O. The number of hydrogen-bond acceptors (Lipinski definition) is 4. The second kappa shape index (κ2) is 11.8. The van der Waals surface area contributed by atoms with E-state index < -0.39 is 17.0 Å². The highest BCUT2D eigenvalue weighted by Gasteiger charge is 2.28. The molecule has 1 aromatic rings. The summed E-state index contributed by atoms with van der Waals surface area (Å²) in [6.45, 7) is 7.91. The van der Waals surface area contributed by atoms with Gasteiger partial charge in [-0.05, 0) is 45.4 Å². The molecule has 0 fully saturated rings.